The van der Waals surface area contributed by atoms with Gasteiger partial charge in [-0.15, -0.1) is 0 Å². The van der Waals surface area contributed by atoms with Crippen LogP contribution in [0.15, 0.2) is 24.3 Å². The van der Waals surface area contributed by atoms with E-state index in [1.807, 2.05) is 32.0 Å². The van der Waals surface area contributed by atoms with Crippen molar-refractivity contribution < 1.29 is 14.3 Å². The van der Waals surface area contributed by atoms with E-state index in [2.05, 4.69) is 33.8 Å². The molecule has 0 spiro atoms. The molecule has 0 saturated carbocycles. The summed E-state index contributed by atoms with van der Waals surface area (Å²) in [4.78, 5) is 12.8. The molecule has 0 bridgehead atoms. The average molecular weight is 306 g/mol. The summed E-state index contributed by atoms with van der Waals surface area (Å²) in [5, 5.41) is 0. The Bertz CT molecular complexity index is 509. The summed E-state index contributed by atoms with van der Waals surface area (Å²) in [6.07, 6.45) is 0.820. The molecule has 3 nitrogen and oxygen atoms in total. The van der Waals surface area contributed by atoms with Gasteiger partial charge in [-0.25, -0.2) is 0 Å². The van der Waals surface area contributed by atoms with Gasteiger partial charge in [0, 0.05) is 11.0 Å². The van der Waals surface area contributed by atoms with E-state index in [-0.39, 0.29) is 17.3 Å². The molecule has 1 aromatic rings. The third kappa shape index (κ3) is 2.86. The number of hydrogen-bond donors (Lipinski definition) is 0. The number of esters is 1. The minimum absolute atomic E-state index is 0.139. The van der Waals surface area contributed by atoms with Gasteiger partial charge in [0.05, 0.1) is 19.1 Å². The van der Waals surface area contributed by atoms with E-state index in [1.165, 1.54) is 0 Å². The normalized spacial score (nSPS) is 16.7. The van der Waals surface area contributed by atoms with Crippen LogP contribution in [0.1, 0.15) is 53.5 Å². The first-order valence-electron chi connectivity index (χ1n) is 8.10. The molecule has 0 aliphatic carbocycles. The highest BCUT2D eigenvalue weighted by atomic mass is 16.5. The molecule has 1 aromatic carbocycles. The zero-order valence-electron chi connectivity index (χ0n) is 15.0. The second-order valence-electron chi connectivity index (χ2n) is 6.46. The highest BCUT2D eigenvalue weighted by Gasteiger charge is 2.54. The highest BCUT2D eigenvalue weighted by molar-refractivity contribution is 5.79. The minimum atomic E-state index is -0.633. The Hall–Kier alpha value is -1.51. The largest absolute Gasteiger partial charge is 0.496 e. The van der Waals surface area contributed by atoms with E-state index in [0.717, 1.165) is 17.7 Å². The molecular formula is C19H30O3. The number of benzene rings is 1. The Morgan fingerprint density at radius 2 is 1.77 bits per heavy atom. The summed E-state index contributed by atoms with van der Waals surface area (Å²) >= 11 is 0. The fourth-order valence-electron chi connectivity index (χ4n) is 3.32. The third-order valence-electron chi connectivity index (χ3n) is 5.41. The van der Waals surface area contributed by atoms with Gasteiger partial charge >= 0.3 is 5.97 Å². The molecule has 0 fully saturated rings. The van der Waals surface area contributed by atoms with E-state index in [0.29, 0.717) is 6.61 Å². The summed E-state index contributed by atoms with van der Waals surface area (Å²) in [6, 6.07) is 7.96. The van der Waals surface area contributed by atoms with Gasteiger partial charge in [-0.05, 0) is 32.3 Å². The quantitative estimate of drug-likeness (QED) is 0.691. The van der Waals surface area contributed by atoms with E-state index < -0.39 is 5.41 Å². The predicted molar refractivity (Wildman–Crippen MR) is 90.2 cm³/mol. The molecule has 0 N–H and O–H groups in total. The van der Waals surface area contributed by atoms with Gasteiger partial charge in [-0.1, -0.05) is 45.9 Å². The molecular weight excluding hydrogens is 276 g/mol. The Balaban J connectivity index is 3.55. The van der Waals surface area contributed by atoms with E-state index >= 15 is 0 Å². The summed E-state index contributed by atoms with van der Waals surface area (Å²) in [5.74, 6) is 0.824. The van der Waals surface area contributed by atoms with E-state index in [1.54, 1.807) is 7.11 Å². The molecule has 0 amide bonds. The lowest BCUT2D eigenvalue weighted by atomic mass is 9.55. The summed E-state index contributed by atoms with van der Waals surface area (Å²) in [5.41, 5.74) is 0.0520. The standard InChI is InChI=1S/C19H30O3/c1-8-18(5,15-12-10-11-13-16(15)21-7)19(6,14(3)4)17(20)22-9-2/h10-14H,8-9H2,1-7H3. The van der Waals surface area contributed by atoms with Gasteiger partial charge in [0.15, 0.2) is 0 Å². The fraction of sp³-hybridized carbons (Fsp3) is 0.632. The van der Waals surface area contributed by atoms with Crippen molar-refractivity contribution in [2.75, 3.05) is 13.7 Å². The second kappa shape index (κ2) is 7.17. The van der Waals surface area contributed by atoms with Crippen molar-refractivity contribution in [2.45, 2.75) is 53.4 Å². The highest BCUT2D eigenvalue weighted by Crippen LogP contribution is 2.52. The maximum atomic E-state index is 12.8. The topological polar surface area (TPSA) is 35.5 Å². The molecule has 124 valence electrons. The SMILES string of the molecule is CCOC(=O)C(C)(C(C)C)C(C)(CC)c1ccccc1OC. The molecule has 0 aliphatic rings. The smallest absolute Gasteiger partial charge is 0.312 e. The first-order valence-corrected chi connectivity index (χ1v) is 8.10. The van der Waals surface area contributed by atoms with E-state index in [9.17, 15) is 4.79 Å². The molecule has 1 rings (SSSR count). The Labute approximate surface area is 135 Å². The number of hydrogen-bond acceptors (Lipinski definition) is 3. The van der Waals surface area contributed by atoms with Crippen molar-refractivity contribution in [1.82, 2.24) is 0 Å². The molecule has 0 saturated heterocycles. The van der Waals surface area contributed by atoms with Crippen molar-refractivity contribution in [1.29, 1.82) is 0 Å². The maximum absolute atomic E-state index is 12.8. The van der Waals surface area contributed by atoms with Gasteiger partial charge in [-0.3, -0.25) is 4.79 Å². The lowest BCUT2D eigenvalue weighted by Gasteiger charge is -2.47. The average Bonchev–Trinajstić information content (AvgIpc) is 2.53. The van der Waals surface area contributed by atoms with Crippen LogP contribution >= 0.6 is 0 Å². The summed E-state index contributed by atoms with van der Waals surface area (Å²) < 4.78 is 11.0. The van der Waals surface area contributed by atoms with Crippen molar-refractivity contribution >= 4 is 5.97 Å². The van der Waals surface area contributed by atoms with Crippen LogP contribution in [-0.2, 0) is 14.9 Å². The predicted octanol–water partition coefficient (Wildman–Crippen LogP) is 4.59. The number of carbonyl (C=O) groups excluding carboxylic acids is 1. The second-order valence-corrected chi connectivity index (χ2v) is 6.46. The Morgan fingerprint density at radius 3 is 2.23 bits per heavy atom. The van der Waals surface area contributed by atoms with Gasteiger partial charge in [0.2, 0.25) is 0 Å². The summed E-state index contributed by atoms with van der Waals surface area (Å²) in [7, 11) is 1.67. The van der Waals surface area contributed by atoms with Crippen LogP contribution in [0, 0.1) is 11.3 Å². The van der Waals surface area contributed by atoms with Crippen LogP contribution in [-0.4, -0.2) is 19.7 Å². The van der Waals surface area contributed by atoms with Gasteiger partial charge in [0.25, 0.3) is 0 Å². The van der Waals surface area contributed by atoms with Crippen LogP contribution in [0.4, 0.5) is 0 Å². The van der Waals surface area contributed by atoms with Crippen LogP contribution in [0.2, 0.25) is 0 Å². The zero-order valence-corrected chi connectivity index (χ0v) is 15.0. The molecule has 0 aliphatic heterocycles. The number of para-hydroxylation sites is 1. The minimum Gasteiger partial charge on any atom is -0.496 e. The molecule has 0 aromatic heterocycles. The summed E-state index contributed by atoms with van der Waals surface area (Å²) in [6.45, 7) is 12.7. The molecule has 2 unspecified atom stereocenters. The molecule has 3 heteroatoms. The Morgan fingerprint density at radius 1 is 1.18 bits per heavy atom. The number of methoxy groups -OCH3 is 1. The van der Waals surface area contributed by atoms with Crippen LogP contribution < -0.4 is 4.74 Å². The van der Waals surface area contributed by atoms with Crippen LogP contribution in [0.5, 0.6) is 5.75 Å². The lowest BCUT2D eigenvalue weighted by molar-refractivity contribution is -0.163. The lowest BCUT2D eigenvalue weighted by Crippen LogP contribution is -2.51. The number of carbonyl (C=O) groups is 1. The monoisotopic (exact) mass is 306 g/mol. The number of rotatable bonds is 7. The van der Waals surface area contributed by atoms with Gasteiger partial charge < -0.3 is 9.47 Å². The molecule has 0 heterocycles. The first kappa shape index (κ1) is 18.5. The van der Waals surface area contributed by atoms with E-state index in [4.69, 9.17) is 9.47 Å². The number of ether oxygens (including phenoxy) is 2. The van der Waals surface area contributed by atoms with Gasteiger partial charge in [0.1, 0.15) is 5.75 Å². The van der Waals surface area contributed by atoms with Gasteiger partial charge in [-0.2, -0.15) is 0 Å². The molecule has 22 heavy (non-hydrogen) atoms. The zero-order chi connectivity index (χ0) is 17.0. The fourth-order valence-corrected chi connectivity index (χ4v) is 3.32. The van der Waals surface area contributed by atoms with Crippen LogP contribution in [0.25, 0.3) is 0 Å². The Kier molecular flexibility index (Phi) is 6.04. The maximum Gasteiger partial charge on any atom is 0.312 e. The first-order chi connectivity index (χ1) is 10.3. The van der Waals surface area contributed by atoms with Crippen molar-refractivity contribution in [3.05, 3.63) is 29.8 Å². The van der Waals surface area contributed by atoms with Crippen molar-refractivity contribution in [3.8, 4) is 5.75 Å². The molecule has 2 atom stereocenters. The van der Waals surface area contributed by atoms with Crippen LogP contribution in [0.3, 0.4) is 0 Å². The van der Waals surface area contributed by atoms with Crippen molar-refractivity contribution in [2.24, 2.45) is 11.3 Å². The van der Waals surface area contributed by atoms with Crippen molar-refractivity contribution in [3.63, 3.8) is 0 Å². The third-order valence-corrected chi connectivity index (χ3v) is 5.41. The molecule has 0 radical (unpaired) electrons.